The molecule has 2 aromatic carbocycles. The third-order valence-corrected chi connectivity index (χ3v) is 3.49. The minimum absolute atomic E-state index is 0.442. The van der Waals surface area contributed by atoms with Gasteiger partial charge in [-0.15, -0.1) is 4.52 Å². The fourth-order valence-electron chi connectivity index (χ4n) is 1.45. The summed E-state index contributed by atoms with van der Waals surface area (Å²) < 4.78 is 22.3. The summed E-state index contributed by atoms with van der Waals surface area (Å²) in [5.74, 6) is 1.49. The first-order valence-electron chi connectivity index (χ1n) is 5.72. The van der Waals surface area contributed by atoms with Crippen LogP contribution >= 0.6 is 8.03 Å². The van der Waals surface area contributed by atoms with E-state index >= 15 is 0 Å². The molecule has 0 saturated heterocycles. The van der Waals surface area contributed by atoms with Gasteiger partial charge in [0.05, 0.1) is 0 Å². The van der Waals surface area contributed by atoms with Crippen molar-refractivity contribution < 1.29 is 13.8 Å². The Morgan fingerprint density at radius 3 is 2.17 bits per heavy atom. The van der Waals surface area contributed by atoms with Crippen LogP contribution in [0.3, 0.4) is 0 Å². The van der Waals surface area contributed by atoms with E-state index in [9.17, 15) is 4.57 Å². The summed E-state index contributed by atoms with van der Waals surface area (Å²) in [5, 5.41) is 0.673. The molecule has 92 valence electrons. The van der Waals surface area contributed by atoms with Crippen molar-refractivity contribution in [2.24, 2.45) is 0 Å². The Morgan fingerprint density at radius 2 is 1.56 bits per heavy atom. The maximum Gasteiger partial charge on any atom is 0.548 e. The summed E-state index contributed by atoms with van der Waals surface area (Å²) in [6.45, 7) is 2.26. The summed E-state index contributed by atoms with van der Waals surface area (Å²) in [7, 11) is -1.75. The molecule has 0 bridgehead atoms. The van der Waals surface area contributed by atoms with Gasteiger partial charge in [-0.25, -0.2) is 0 Å². The Balaban J connectivity index is 2.06. The van der Waals surface area contributed by atoms with Crippen molar-refractivity contribution in [2.45, 2.75) is 6.92 Å². The molecule has 0 N–H and O–H groups in total. The van der Waals surface area contributed by atoms with Crippen LogP contribution in [0.25, 0.3) is 0 Å². The molecule has 0 heterocycles. The molecule has 3 nitrogen and oxygen atoms in total. The van der Waals surface area contributed by atoms with Crippen LogP contribution in [0, 0.1) is 0 Å². The molecular formula is C14H14O3P+. The van der Waals surface area contributed by atoms with Crippen LogP contribution in [-0.4, -0.2) is 6.61 Å². The van der Waals surface area contributed by atoms with Crippen LogP contribution in [0.2, 0.25) is 0 Å². The second-order valence-corrected chi connectivity index (χ2v) is 4.87. The molecule has 0 amide bonds. The van der Waals surface area contributed by atoms with E-state index in [0.717, 1.165) is 5.75 Å². The van der Waals surface area contributed by atoms with Gasteiger partial charge >= 0.3 is 8.03 Å². The normalized spacial score (nSPS) is 11.1. The van der Waals surface area contributed by atoms with Crippen molar-refractivity contribution in [3.05, 3.63) is 54.6 Å². The molecule has 4 heteroatoms. The minimum atomic E-state index is -1.75. The number of benzene rings is 2. The lowest BCUT2D eigenvalue weighted by molar-refractivity contribution is 0.357. The van der Waals surface area contributed by atoms with E-state index in [1.165, 1.54) is 0 Å². The van der Waals surface area contributed by atoms with Crippen molar-refractivity contribution in [3.8, 4) is 11.5 Å². The standard InChI is InChI=1S/C14H14O3P/c1-2-16-18(15)14-10-8-13(9-11-14)17-12-6-4-3-5-7-12/h3-11H,2H2,1H3/q+1. The topological polar surface area (TPSA) is 35.5 Å². The smallest absolute Gasteiger partial charge is 0.457 e. The van der Waals surface area contributed by atoms with Gasteiger partial charge in [-0.1, -0.05) is 18.2 Å². The first-order valence-corrected chi connectivity index (χ1v) is 6.90. The lowest BCUT2D eigenvalue weighted by atomic mass is 10.3. The Bertz CT molecular complexity index is 508. The molecule has 0 aliphatic carbocycles. The van der Waals surface area contributed by atoms with Crippen LogP contribution in [0.15, 0.2) is 54.6 Å². The van der Waals surface area contributed by atoms with Crippen molar-refractivity contribution in [1.29, 1.82) is 0 Å². The molecular weight excluding hydrogens is 247 g/mol. The van der Waals surface area contributed by atoms with Crippen molar-refractivity contribution >= 4 is 13.3 Å². The van der Waals surface area contributed by atoms with Crippen LogP contribution in [-0.2, 0) is 9.09 Å². The third kappa shape index (κ3) is 3.39. The molecule has 18 heavy (non-hydrogen) atoms. The zero-order valence-corrected chi connectivity index (χ0v) is 11.0. The lowest BCUT2D eigenvalue weighted by Crippen LogP contribution is -1.97. The van der Waals surface area contributed by atoms with Crippen LogP contribution in [0.4, 0.5) is 0 Å². The highest BCUT2D eigenvalue weighted by Crippen LogP contribution is 2.24. The van der Waals surface area contributed by atoms with Gasteiger partial charge in [0.1, 0.15) is 18.1 Å². The average molecular weight is 261 g/mol. The van der Waals surface area contributed by atoms with E-state index in [1.54, 1.807) is 24.3 Å². The quantitative estimate of drug-likeness (QED) is 0.766. The van der Waals surface area contributed by atoms with Gasteiger partial charge in [0.25, 0.3) is 0 Å². The van der Waals surface area contributed by atoms with E-state index in [4.69, 9.17) is 9.26 Å². The Hall–Kier alpha value is -1.70. The predicted molar refractivity (Wildman–Crippen MR) is 71.8 cm³/mol. The monoisotopic (exact) mass is 261 g/mol. The van der Waals surface area contributed by atoms with Crippen LogP contribution in [0.1, 0.15) is 6.92 Å². The summed E-state index contributed by atoms with van der Waals surface area (Å²) in [5.41, 5.74) is 0. The number of hydrogen-bond donors (Lipinski definition) is 0. The highest BCUT2D eigenvalue weighted by Gasteiger charge is 2.20. The average Bonchev–Trinajstić information content (AvgIpc) is 2.41. The molecule has 0 spiro atoms. The summed E-state index contributed by atoms with van der Waals surface area (Å²) in [4.78, 5) is 0. The van der Waals surface area contributed by atoms with Crippen molar-refractivity contribution in [2.75, 3.05) is 6.61 Å². The highest BCUT2D eigenvalue weighted by molar-refractivity contribution is 7.48. The van der Waals surface area contributed by atoms with Gasteiger partial charge < -0.3 is 4.74 Å². The molecule has 1 unspecified atom stereocenters. The molecule has 0 aromatic heterocycles. The molecule has 2 aromatic rings. The molecule has 2 rings (SSSR count). The predicted octanol–water partition coefficient (Wildman–Crippen LogP) is 3.88. The second-order valence-electron chi connectivity index (χ2n) is 3.58. The van der Waals surface area contributed by atoms with Gasteiger partial charge in [-0.2, -0.15) is 0 Å². The van der Waals surface area contributed by atoms with Gasteiger partial charge in [-0.3, -0.25) is 0 Å². The minimum Gasteiger partial charge on any atom is -0.457 e. The summed E-state index contributed by atoms with van der Waals surface area (Å²) >= 11 is 0. The number of para-hydroxylation sites is 1. The summed E-state index contributed by atoms with van der Waals surface area (Å²) in [6, 6.07) is 16.6. The van der Waals surface area contributed by atoms with Gasteiger partial charge in [0.15, 0.2) is 0 Å². The highest BCUT2D eigenvalue weighted by atomic mass is 31.1. The van der Waals surface area contributed by atoms with E-state index in [-0.39, 0.29) is 0 Å². The Morgan fingerprint density at radius 1 is 0.944 bits per heavy atom. The van der Waals surface area contributed by atoms with E-state index in [0.29, 0.717) is 17.7 Å². The fourth-order valence-corrected chi connectivity index (χ4v) is 2.23. The van der Waals surface area contributed by atoms with Crippen molar-refractivity contribution in [3.63, 3.8) is 0 Å². The number of hydrogen-bond acceptors (Lipinski definition) is 3. The number of rotatable bonds is 5. The molecule has 1 atom stereocenters. The Kier molecular flexibility index (Phi) is 4.46. The van der Waals surface area contributed by atoms with Gasteiger partial charge in [0, 0.05) is 0 Å². The zero-order chi connectivity index (χ0) is 12.8. The SMILES string of the molecule is CCO[P+](=O)c1ccc(Oc2ccccc2)cc1. The maximum atomic E-state index is 11.6. The first-order chi connectivity index (χ1) is 8.79. The Labute approximate surface area is 107 Å². The maximum absolute atomic E-state index is 11.6. The van der Waals surface area contributed by atoms with Crippen LogP contribution in [0.5, 0.6) is 11.5 Å². The molecule has 0 aliphatic heterocycles. The zero-order valence-electron chi connectivity index (χ0n) is 10.1. The third-order valence-electron chi connectivity index (χ3n) is 2.27. The van der Waals surface area contributed by atoms with Crippen molar-refractivity contribution in [1.82, 2.24) is 0 Å². The summed E-state index contributed by atoms with van der Waals surface area (Å²) in [6.07, 6.45) is 0. The molecule has 0 aliphatic rings. The van der Waals surface area contributed by atoms with E-state index in [2.05, 4.69) is 0 Å². The molecule has 0 fully saturated rings. The van der Waals surface area contributed by atoms with E-state index in [1.807, 2.05) is 37.3 Å². The van der Waals surface area contributed by atoms with Gasteiger partial charge in [-0.05, 0) is 47.9 Å². The molecule has 0 radical (unpaired) electrons. The molecule has 0 saturated carbocycles. The van der Waals surface area contributed by atoms with Gasteiger partial charge in [0.2, 0.25) is 5.30 Å². The number of ether oxygens (including phenoxy) is 1. The second kappa shape index (κ2) is 6.29. The largest absolute Gasteiger partial charge is 0.548 e. The van der Waals surface area contributed by atoms with E-state index < -0.39 is 8.03 Å². The van der Waals surface area contributed by atoms with Crippen LogP contribution < -0.4 is 10.0 Å². The fraction of sp³-hybridized carbons (Fsp3) is 0.143. The lowest BCUT2D eigenvalue weighted by Gasteiger charge is -2.03. The first kappa shape index (κ1) is 12.7.